The first-order chi connectivity index (χ1) is 7.41. The Bertz CT molecular complexity index is 439. The largest absolute Gasteiger partial charge is 0.478 e. The van der Waals surface area contributed by atoms with Crippen molar-refractivity contribution in [2.24, 2.45) is 0 Å². The summed E-state index contributed by atoms with van der Waals surface area (Å²) in [5.74, 6) is -0.937. The molecule has 1 aromatic carbocycles. The lowest BCUT2D eigenvalue weighted by atomic mass is 10.1. The van der Waals surface area contributed by atoms with Crippen LogP contribution in [0, 0.1) is 0 Å². The maximum Gasteiger partial charge on any atom is 0.331 e. The van der Waals surface area contributed by atoms with Crippen molar-refractivity contribution < 1.29 is 9.90 Å². The molecular weight excluding hydrogens is 226 g/mol. The van der Waals surface area contributed by atoms with E-state index in [4.69, 9.17) is 16.7 Å². The number of hydrogen-bond donors (Lipinski definition) is 1. The molecule has 0 heterocycles. The number of carboxylic acid groups (broad SMARTS) is 1. The number of rotatable bonds is 3. The molecule has 3 nitrogen and oxygen atoms in total. The molecule has 0 spiro atoms. The monoisotopic (exact) mass is 239 g/mol. The zero-order valence-electron chi connectivity index (χ0n) is 9.49. The lowest BCUT2D eigenvalue weighted by molar-refractivity contribution is -0.132. The number of benzene rings is 1. The van der Waals surface area contributed by atoms with Crippen molar-refractivity contribution >= 4 is 29.3 Å². The van der Waals surface area contributed by atoms with Gasteiger partial charge in [-0.3, -0.25) is 0 Å². The van der Waals surface area contributed by atoms with Gasteiger partial charge in [0.1, 0.15) is 0 Å². The molecule has 1 N–H and O–H groups in total. The Hall–Kier alpha value is -1.48. The van der Waals surface area contributed by atoms with Gasteiger partial charge in [-0.15, -0.1) is 0 Å². The van der Waals surface area contributed by atoms with Crippen LogP contribution in [-0.4, -0.2) is 25.2 Å². The van der Waals surface area contributed by atoms with Crippen molar-refractivity contribution in [1.82, 2.24) is 0 Å². The van der Waals surface area contributed by atoms with Crippen LogP contribution in [0.3, 0.4) is 0 Å². The van der Waals surface area contributed by atoms with Gasteiger partial charge in [-0.05, 0) is 30.7 Å². The highest BCUT2D eigenvalue weighted by molar-refractivity contribution is 6.32. The first kappa shape index (κ1) is 12.6. The third-order valence-electron chi connectivity index (χ3n) is 2.21. The van der Waals surface area contributed by atoms with E-state index in [2.05, 4.69) is 0 Å². The van der Waals surface area contributed by atoms with E-state index in [0.29, 0.717) is 10.6 Å². The third-order valence-corrected chi connectivity index (χ3v) is 2.54. The van der Waals surface area contributed by atoms with Crippen LogP contribution in [-0.2, 0) is 4.79 Å². The molecule has 0 radical (unpaired) electrons. The predicted octanol–water partition coefficient (Wildman–Crippen LogP) is 2.89. The van der Waals surface area contributed by atoms with E-state index in [9.17, 15) is 4.79 Å². The topological polar surface area (TPSA) is 40.5 Å². The molecule has 16 heavy (non-hydrogen) atoms. The van der Waals surface area contributed by atoms with Crippen molar-refractivity contribution in [2.75, 3.05) is 19.0 Å². The molecule has 0 aromatic heterocycles. The highest BCUT2D eigenvalue weighted by Crippen LogP contribution is 2.24. The summed E-state index contributed by atoms with van der Waals surface area (Å²) in [4.78, 5) is 12.6. The third kappa shape index (κ3) is 3.00. The van der Waals surface area contributed by atoms with Crippen molar-refractivity contribution in [1.29, 1.82) is 0 Å². The summed E-state index contributed by atoms with van der Waals surface area (Å²) in [5, 5.41) is 9.31. The molecule has 0 aliphatic rings. The Morgan fingerprint density at radius 3 is 2.50 bits per heavy atom. The van der Waals surface area contributed by atoms with Gasteiger partial charge in [0.2, 0.25) is 0 Å². The summed E-state index contributed by atoms with van der Waals surface area (Å²) in [6.45, 7) is 1.54. The van der Waals surface area contributed by atoms with Crippen LogP contribution in [0.25, 0.3) is 6.08 Å². The molecule has 0 fully saturated rings. The van der Waals surface area contributed by atoms with Crippen LogP contribution in [0.2, 0.25) is 5.02 Å². The zero-order chi connectivity index (χ0) is 12.3. The number of hydrogen-bond acceptors (Lipinski definition) is 2. The molecule has 0 bridgehead atoms. The molecule has 86 valence electrons. The second-order valence-electron chi connectivity index (χ2n) is 3.73. The van der Waals surface area contributed by atoms with Crippen LogP contribution in [0.5, 0.6) is 0 Å². The summed E-state index contributed by atoms with van der Waals surface area (Å²) in [6.07, 6.45) is 1.56. The first-order valence-electron chi connectivity index (χ1n) is 4.80. The maximum absolute atomic E-state index is 10.7. The van der Waals surface area contributed by atoms with Crippen LogP contribution in [0.4, 0.5) is 5.69 Å². The molecule has 0 saturated heterocycles. The van der Waals surface area contributed by atoms with Crippen molar-refractivity contribution in [3.8, 4) is 0 Å². The standard InChI is InChI=1S/C12H14ClNO2/c1-8(12(15)16)6-9-4-5-10(14(2)3)7-11(9)13/h4-7H,1-3H3,(H,15,16)/b8-6+. The highest BCUT2D eigenvalue weighted by Gasteiger charge is 2.04. The molecule has 0 aliphatic heterocycles. The fourth-order valence-electron chi connectivity index (χ4n) is 1.21. The van der Waals surface area contributed by atoms with Gasteiger partial charge in [-0.25, -0.2) is 4.79 Å². The van der Waals surface area contributed by atoms with Gasteiger partial charge in [0.25, 0.3) is 0 Å². The molecule has 0 saturated carbocycles. The molecule has 0 unspecified atom stereocenters. The van der Waals surface area contributed by atoms with E-state index in [1.807, 2.05) is 37.2 Å². The molecular formula is C12H14ClNO2. The van der Waals surface area contributed by atoms with E-state index in [0.717, 1.165) is 5.69 Å². The van der Waals surface area contributed by atoms with E-state index in [1.165, 1.54) is 0 Å². The Morgan fingerprint density at radius 1 is 1.44 bits per heavy atom. The van der Waals surface area contributed by atoms with Crippen molar-refractivity contribution in [2.45, 2.75) is 6.92 Å². The Labute approximate surface area is 100.0 Å². The normalized spacial score (nSPS) is 11.4. The number of carbonyl (C=O) groups is 1. The number of aliphatic carboxylic acids is 1. The minimum Gasteiger partial charge on any atom is -0.478 e. The summed E-state index contributed by atoms with van der Waals surface area (Å²) in [5.41, 5.74) is 1.96. The van der Waals surface area contributed by atoms with Gasteiger partial charge in [-0.2, -0.15) is 0 Å². The fourth-order valence-corrected chi connectivity index (χ4v) is 1.44. The number of anilines is 1. The predicted molar refractivity (Wildman–Crippen MR) is 67.1 cm³/mol. The number of halogens is 1. The van der Waals surface area contributed by atoms with E-state index >= 15 is 0 Å². The summed E-state index contributed by atoms with van der Waals surface area (Å²) in [7, 11) is 3.84. The smallest absolute Gasteiger partial charge is 0.331 e. The minimum atomic E-state index is -0.937. The molecule has 1 rings (SSSR count). The van der Waals surface area contributed by atoms with Crippen molar-refractivity contribution in [3.63, 3.8) is 0 Å². The number of nitrogens with zero attached hydrogens (tertiary/aromatic N) is 1. The average Bonchev–Trinajstić information content (AvgIpc) is 2.20. The maximum atomic E-state index is 10.7. The van der Waals surface area contributed by atoms with Gasteiger partial charge in [0.15, 0.2) is 0 Å². The van der Waals surface area contributed by atoms with E-state index in [-0.39, 0.29) is 5.57 Å². The Morgan fingerprint density at radius 2 is 2.06 bits per heavy atom. The summed E-state index contributed by atoms with van der Waals surface area (Å²) < 4.78 is 0. The minimum absolute atomic E-state index is 0.263. The molecule has 0 atom stereocenters. The van der Waals surface area contributed by atoms with Gasteiger partial charge in [-0.1, -0.05) is 17.7 Å². The average molecular weight is 240 g/mol. The summed E-state index contributed by atoms with van der Waals surface area (Å²) in [6, 6.07) is 5.51. The molecule has 0 amide bonds. The second-order valence-corrected chi connectivity index (χ2v) is 4.14. The van der Waals surface area contributed by atoms with E-state index < -0.39 is 5.97 Å². The lowest BCUT2D eigenvalue weighted by Gasteiger charge is -2.13. The van der Waals surface area contributed by atoms with Crippen LogP contribution < -0.4 is 4.90 Å². The molecule has 0 aliphatic carbocycles. The highest BCUT2D eigenvalue weighted by atomic mass is 35.5. The zero-order valence-corrected chi connectivity index (χ0v) is 10.2. The fraction of sp³-hybridized carbons (Fsp3) is 0.250. The molecule has 1 aromatic rings. The second kappa shape index (κ2) is 5.03. The first-order valence-corrected chi connectivity index (χ1v) is 5.18. The van der Waals surface area contributed by atoms with Gasteiger partial charge >= 0.3 is 5.97 Å². The quantitative estimate of drug-likeness (QED) is 0.825. The Kier molecular flexibility index (Phi) is 3.96. The SMILES string of the molecule is C/C(=C\c1ccc(N(C)C)cc1Cl)C(=O)O. The molecule has 4 heteroatoms. The van der Waals surface area contributed by atoms with Crippen LogP contribution in [0.1, 0.15) is 12.5 Å². The lowest BCUT2D eigenvalue weighted by Crippen LogP contribution is -2.08. The van der Waals surface area contributed by atoms with Crippen LogP contribution >= 0.6 is 11.6 Å². The van der Waals surface area contributed by atoms with Gasteiger partial charge in [0, 0.05) is 30.4 Å². The summed E-state index contributed by atoms with van der Waals surface area (Å²) >= 11 is 6.06. The van der Waals surface area contributed by atoms with Crippen molar-refractivity contribution in [3.05, 3.63) is 34.4 Å². The van der Waals surface area contributed by atoms with Crippen LogP contribution in [0.15, 0.2) is 23.8 Å². The van der Waals surface area contributed by atoms with Gasteiger partial charge in [0.05, 0.1) is 0 Å². The Balaban J connectivity index is 3.09. The number of carboxylic acids is 1. The van der Waals surface area contributed by atoms with Gasteiger partial charge < -0.3 is 10.0 Å². The van der Waals surface area contributed by atoms with E-state index in [1.54, 1.807) is 13.0 Å².